The van der Waals surface area contributed by atoms with Crippen LogP contribution in [-0.4, -0.2) is 40.3 Å². The zero-order valence-corrected chi connectivity index (χ0v) is 22.8. The molecule has 0 amide bonds. The molecule has 0 unspecified atom stereocenters. The highest BCUT2D eigenvalue weighted by atomic mass is 19.4. The van der Waals surface area contributed by atoms with Crippen LogP contribution in [0.2, 0.25) is 0 Å². The van der Waals surface area contributed by atoms with Crippen molar-refractivity contribution in [2.75, 3.05) is 7.11 Å². The van der Waals surface area contributed by atoms with Crippen LogP contribution in [0.5, 0.6) is 0 Å². The number of benzene rings is 4. The molecule has 5 rings (SSSR count). The van der Waals surface area contributed by atoms with Crippen molar-refractivity contribution < 1.29 is 32.6 Å². The van der Waals surface area contributed by atoms with Gasteiger partial charge in [0, 0.05) is 18.7 Å². The number of nitrogens with one attached hydrogen (secondary N) is 2. The van der Waals surface area contributed by atoms with Crippen LogP contribution in [-0.2, 0) is 22.6 Å². The van der Waals surface area contributed by atoms with E-state index >= 15 is 0 Å². The molecule has 0 bridgehead atoms. The SMILES string of the molecule is COC(=O)c1cccc(CNCc2cccc(-c3ccc(-c4nc5c(C)cccc5[nH]4)cc3)c2)c1.O=C(O)C(F)(F)F. The lowest BCUT2D eigenvalue weighted by Crippen LogP contribution is -2.21. The third-order valence-electron chi connectivity index (χ3n) is 6.38. The molecule has 7 nitrogen and oxygen atoms in total. The molecule has 0 aliphatic carbocycles. The Morgan fingerprint density at radius 3 is 2.07 bits per heavy atom. The van der Waals surface area contributed by atoms with Gasteiger partial charge in [0.15, 0.2) is 0 Å². The Bertz CT molecular complexity index is 1700. The van der Waals surface area contributed by atoms with E-state index in [2.05, 4.69) is 77.9 Å². The average molecular weight is 576 g/mol. The minimum atomic E-state index is -5.08. The maximum Gasteiger partial charge on any atom is 0.490 e. The number of hydrogen-bond donors (Lipinski definition) is 3. The van der Waals surface area contributed by atoms with Crippen LogP contribution >= 0.6 is 0 Å². The fourth-order valence-corrected chi connectivity index (χ4v) is 4.27. The van der Waals surface area contributed by atoms with Crippen LogP contribution < -0.4 is 5.32 Å². The van der Waals surface area contributed by atoms with Gasteiger partial charge in [0.2, 0.25) is 0 Å². The number of imidazole rings is 1. The highest BCUT2D eigenvalue weighted by Gasteiger charge is 2.38. The average Bonchev–Trinajstić information content (AvgIpc) is 3.43. The van der Waals surface area contributed by atoms with Gasteiger partial charge in [-0.05, 0) is 59.0 Å². The Labute approximate surface area is 240 Å². The smallest absolute Gasteiger partial charge is 0.475 e. The normalized spacial score (nSPS) is 11.1. The maximum absolute atomic E-state index is 11.7. The number of aryl methyl sites for hydroxylation is 1. The van der Waals surface area contributed by atoms with Crippen molar-refractivity contribution in [1.82, 2.24) is 15.3 Å². The van der Waals surface area contributed by atoms with Gasteiger partial charge >= 0.3 is 18.1 Å². The molecule has 42 heavy (non-hydrogen) atoms. The zero-order chi connectivity index (χ0) is 30.3. The number of carboxylic acid groups (broad SMARTS) is 1. The zero-order valence-electron chi connectivity index (χ0n) is 22.8. The number of carboxylic acids is 1. The summed E-state index contributed by atoms with van der Waals surface area (Å²) in [4.78, 5) is 28.9. The molecule has 1 heterocycles. The summed E-state index contributed by atoms with van der Waals surface area (Å²) in [6.07, 6.45) is -5.08. The van der Waals surface area contributed by atoms with Crippen molar-refractivity contribution in [3.8, 4) is 22.5 Å². The second kappa shape index (κ2) is 13.1. The molecule has 0 fully saturated rings. The molecule has 0 radical (unpaired) electrons. The summed E-state index contributed by atoms with van der Waals surface area (Å²) in [5, 5.41) is 10.6. The van der Waals surface area contributed by atoms with Crippen LogP contribution in [0.25, 0.3) is 33.5 Å². The van der Waals surface area contributed by atoms with E-state index in [1.54, 1.807) is 6.07 Å². The number of aromatic amines is 1. The molecule has 0 aliphatic heterocycles. The van der Waals surface area contributed by atoms with Crippen LogP contribution in [0.4, 0.5) is 13.2 Å². The van der Waals surface area contributed by atoms with Gasteiger partial charge in [0.25, 0.3) is 0 Å². The fourth-order valence-electron chi connectivity index (χ4n) is 4.27. The summed E-state index contributed by atoms with van der Waals surface area (Å²) in [6.45, 7) is 3.48. The fraction of sp³-hybridized carbons (Fsp3) is 0.156. The Kier molecular flexibility index (Phi) is 9.39. The standard InChI is InChI=1S/C30H27N3O2.C2HF3O2/c1-20-6-3-11-27-28(20)33-29(32-27)24-14-12-23(13-15-24)25-9-4-7-21(16-25)18-31-19-22-8-5-10-26(17-22)30(34)35-2;3-2(4,5)1(6)7/h3-17,31H,18-19H2,1-2H3,(H,32,33);(H,6,7). The first-order chi connectivity index (χ1) is 20.0. The lowest BCUT2D eigenvalue weighted by molar-refractivity contribution is -0.192. The number of rotatable bonds is 7. The van der Waals surface area contributed by atoms with E-state index in [1.165, 1.54) is 23.8 Å². The highest BCUT2D eigenvalue weighted by Crippen LogP contribution is 2.26. The number of aromatic nitrogens is 2. The van der Waals surface area contributed by atoms with E-state index in [-0.39, 0.29) is 5.97 Å². The van der Waals surface area contributed by atoms with Crippen molar-refractivity contribution in [2.24, 2.45) is 0 Å². The minimum Gasteiger partial charge on any atom is -0.475 e. The van der Waals surface area contributed by atoms with E-state index in [0.29, 0.717) is 12.1 Å². The number of para-hydroxylation sites is 1. The van der Waals surface area contributed by atoms with Crippen LogP contribution in [0.1, 0.15) is 27.0 Å². The summed E-state index contributed by atoms with van der Waals surface area (Å²) in [7, 11) is 1.40. The summed E-state index contributed by atoms with van der Waals surface area (Å²) < 4.78 is 36.5. The van der Waals surface area contributed by atoms with Crippen molar-refractivity contribution in [1.29, 1.82) is 0 Å². The first-order valence-electron chi connectivity index (χ1n) is 12.9. The van der Waals surface area contributed by atoms with Gasteiger partial charge in [-0.1, -0.05) is 66.7 Å². The van der Waals surface area contributed by atoms with E-state index < -0.39 is 12.1 Å². The predicted molar refractivity (Wildman–Crippen MR) is 154 cm³/mol. The molecule has 0 saturated carbocycles. The summed E-state index contributed by atoms with van der Waals surface area (Å²) in [5.41, 5.74) is 9.45. The van der Waals surface area contributed by atoms with E-state index in [9.17, 15) is 18.0 Å². The van der Waals surface area contributed by atoms with E-state index in [1.807, 2.05) is 24.3 Å². The van der Waals surface area contributed by atoms with Gasteiger partial charge in [-0.15, -0.1) is 0 Å². The molecule has 4 aromatic carbocycles. The van der Waals surface area contributed by atoms with Crippen LogP contribution in [0.15, 0.2) is 91.0 Å². The molecule has 1 aromatic heterocycles. The van der Waals surface area contributed by atoms with Gasteiger partial charge in [-0.25, -0.2) is 14.6 Å². The number of ether oxygens (including phenoxy) is 1. The number of nitrogens with zero attached hydrogens (tertiary/aromatic N) is 1. The molecule has 0 aliphatic rings. The molecular weight excluding hydrogens is 547 g/mol. The maximum atomic E-state index is 11.7. The van der Waals surface area contributed by atoms with Crippen molar-refractivity contribution >= 4 is 23.0 Å². The van der Waals surface area contributed by atoms with Crippen molar-refractivity contribution in [3.63, 3.8) is 0 Å². The summed E-state index contributed by atoms with van der Waals surface area (Å²) in [6, 6.07) is 30.7. The second-order valence-electron chi connectivity index (χ2n) is 9.43. The second-order valence-corrected chi connectivity index (χ2v) is 9.43. The number of methoxy groups -OCH3 is 1. The topological polar surface area (TPSA) is 104 Å². The largest absolute Gasteiger partial charge is 0.490 e. The lowest BCUT2D eigenvalue weighted by atomic mass is 10.0. The lowest BCUT2D eigenvalue weighted by Gasteiger charge is -2.09. The Morgan fingerprint density at radius 2 is 1.45 bits per heavy atom. The molecule has 10 heteroatoms. The van der Waals surface area contributed by atoms with Gasteiger partial charge < -0.3 is 20.1 Å². The summed E-state index contributed by atoms with van der Waals surface area (Å²) >= 11 is 0. The summed E-state index contributed by atoms with van der Waals surface area (Å²) in [5.74, 6) is -2.19. The Morgan fingerprint density at radius 1 is 0.857 bits per heavy atom. The van der Waals surface area contributed by atoms with Crippen molar-refractivity contribution in [3.05, 3.63) is 113 Å². The number of alkyl halides is 3. The first-order valence-corrected chi connectivity index (χ1v) is 12.9. The van der Waals surface area contributed by atoms with Gasteiger partial charge in [-0.2, -0.15) is 13.2 Å². The number of esters is 1. The highest BCUT2D eigenvalue weighted by molar-refractivity contribution is 5.89. The first kappa shape index (κ1) is 30.0. The van der Waals surface area contributed by atoms with Gasteiger partial charge in [-0.3, -0.25) is 0 Å². The molecule has 0 spiro atoms. The molecular formula is C32H28F3N3O4. The molecule has 216 valence electrons. The monoisotopic (exact) mass is 575 g/mol. The number of carbonyl (C=O) groups excluding carboxylic acids is 1. The van der Waals surface area contributed by atoms with Gasteiger partial charge in [0.1, 0.15) is 5.82 Å². The number of halogens is 3. The quantitative estimate of drug-likeness (QED) is 0.182. The third kappa shape index (κ3) is 7.61. The van der Waals surface area contributed by atoms with Crippen molar-refractivity contribution in [2.45, 2.75) is 26.2 Å². The Balaban J connectivity index is 0.000000517. The molecule has 3 N–H and O–H groups in total. The van der Waals surface area contributed by atoms with E-state index in [4.69, 9.17) is 19.6 Å². The predicted octanol–water partition coefficient (Wildman–Crippen LogP) is 6.92. The Hall–Kier alpha value is -4.96. The van der Waals surface area contributed by atoms with Crippen LogP contribution in [0, 0.1) is 6.92 Å². The third-order valence-corrected chi connectivity index (χ3v) is 6.38. The number of aliphatic carboxylic acids is 1. The molecule has 0 saturated heterocycles. The van der Waals surface area contributed by atoms with Crippen LogP contribution in [0.3, 0.4) is 0 Å². The molecule has 0 atom stereocenters. The molecule has 5 aromatic rings. The minimum absolute atomic E-state index is 0.319. The van der Waals surface area contributed by atoms with Gasteiger partial charge in [0.05, 0.1) is 23.7 Å². The number of fused-ring (bicyclic) bond motifs is 1. The van der Waals surface area contributed by atoms with E-state index in [0.717, 1.165) is 40.1 Å². The number of hydrogen-bond acceptors (Lipinski definition) is 5. The number of H-pyrrole nitrogens is 1. The number of carbonyl (C=O) groups is 2.